The van der Waals surface area contributed by atoms with Crippen molar-refractivity contribution in [3.8, 4) is 0 Å². The fourth-order valence-corrected chi connectivity index (χ4v) is 1.60. The molecule has 0 heterocycles. The molecule has 1 fully saturated rings. The predicted molar refractivity (Wildman–Crippen MR) is 48.5 cm³/mol. The smallest absolute Gasteiger partial charge is 0.208 e. The molecule has 0 bridgehead atoms. The number of sulfonamides is 1. The standard InChI is InChI=1S/C6H12N4O2S/c1-13(11,12)9-5-6(2-3-6)4-8-10-7/h9H,2-5H2,1H3. The van der Waals surface area contributed by atoms with E-state index in [1.165, 1.54) is 0 Å². The topological polar surface area (TPSA) is 94.9 Å². The molecular weight excluding hydrogens is 192 g/mol. The number of hydrogen-bond acceptors (Lipinski definition) is 3. The largest absolute Gasteiger partial charge is 0.215 e. The van der Waals surface area contributed by atoms with Crippen LogP contribution in [0.3, 0.4) is 0 Å². The first-order valence-electron chi connectivity index (χ1n) is 3.93. The van der Waals surface area contributed by atoms with Crippen molar-refractivity contribution in [1.29, 1.82) is 0 Å². The van der Waals surface area contributed by atoms with Crippen LogP contribution in [0.2, 0.25) is 0 Å². The Bertz CT molecular complexity index is 327. The van der Waals surface area contributed by atoms with Gasteiger partial charge in [-0.2, -0.15) is 0 Å². The third-order valence-corrected chi connectivity index (χ3v) is 2.80. The van der Waals surface area contributed by atoms with Crippen molar-refractivity contribution < 1.29 is 8.42 Å². The van der Waals surface area contributed by atoms with E-state index < -0.39 is 10.0 Å². The zero-order chi connectivity index (χ0) is 9.95. The fraction of sp³-hybridized carbons (Fsp3) is 1.00. The highest BCUT2D eigenvalue weighted by atomic mass is 32.2. The molecule has 0 amide bonds. The average molecular weight is 204 g/mol. The maximum atomic E-state index is 10.8. The highest BCUT2D eigenvalue weighted by molar-refractivity contribution is 7.88. The highest BCUT2D eigenvalue weighted by Crippen LogP contribution is 2.45. The number of nitrogens with one attached hydrogen (secondary N) is 1. The average Bonchev–Trinajstić information content (AvgIpc) is 2.77. The molecule has 0 spiro atoms. The molecule has 0 saturated heterocycles. The molecule has 0 aliphatic heterocycles. The van der Waals surface area contributed by atoms with Gasteiger partial charge in [0.25, 0.3) is 0 Å². The summed E-state index contributed by atoms with van der Waals surface area (Å²) in [5, 5.41) is 3.45. The summed E-state index contributed by atoms with van der Waals surface area (Å²) in [6.45, 7) is 0.761. The molecule has 1 saturated carbocycles. The number of azide groups is 1. The van der Waals surface area contributed by atoms with Gasteiger partial charge in [-0.05, 0) is 23.8 Å². The van der Waals surface area contributed by atoms with Gasteiger partial charge in [0.1, 0.15) is 0 Å². The first kappa shape index (κ1) is 10.3. The minimum atomic E-state index is -3.13. The Morgan fingerprint density at radius 2 is 2.23 bits per heavy atom. The van der Waals surface area contributed by atoms with Gasteiger partial charge in [-0.3, -0.25) is 0 Å². The second-order valence-corrected chi connectivity index (χ2v) is 5.32. The summed E-state index contributed by atoms with van der Waals surface area (Å²) >= 11 is 0. The Morgan fingerprint density at radius 1 is 1.62 bits per heavy atom. The molecule has 0 aromatic carbocycles. The molecule has 0 radical (unpaired) electrons. The summed E-state index contributed by atoms with van der Waals surface area (Å²) in [5.74, 6) is 0. The second kappa shape index (κ2) is 3.53. The van der Waals surface area contributed by atoms with Crippen LogP contribution >= 0.6 is 0 Å². The van der Waals surface area contributed by atoms with Crippen molar-refractivity contribution in [2.24, 2.45) is 10.5 Å². The van der Waals surface area contributed by atoms with Crippen molar-refractivity contribution in [1.82, 2.24) is 4.72 Å². The molecule has 0 aromatic rings. The van der Waals surface area contributed by atoms with E-state index in [2.05, 4.69) is 14.7 Å². The van der Waals surface area contributed by atoms with E-state index in [1.807, 2.05) is 0 Å². The van der Waals surface area contributed by atoms with Crippen LogP contribution in [0.1, 0.15) is 12.8 Å². The van der Waals surface area contributed by atoms with Crippen molar-refractivity contribution in [3.05, 3.63) is 10.4 Å². The van der Waals surface area contributed by atoms with Crippen LogP contribution in [0, 0.1) is 5.41 Å². The zero-order valence-electron chi connectivity index (χ0n) is 7.39. The molecule has 13 heavy (non-hydrogen) atoms. The van der Waals surface area contributed by atoms with Gasteiger partial charge in [0.2, 0.25) is 10.0 Å². The molecule has 0 atom stereocenters. The third-order valence-electron chi connectivity index (χ3n) is 2.14. The monoisotopic (exact) mass is 204 g/mol. The summed E-state index contributed by atoms with van der Waals surface area (Å²) in [6.07, 6.45) is 2.97. The van der Waals surface area contributed by atoms with Crippen molar-refractivity contribution in [3.63, 3.8) is 0 Å². The van der Waals surface area contributed by atoms with Crippen LogP contribution in [0.4, 0.5) is 0 Å². The van der Waals surface area contributed by atoms with Gasteiger partial charge < -0.3 is 0 Å². The molecule has 0 unspecified atom stereocenters. The Labute approximate surface area is 77.0 Å². The maximum absolute atomic E-state index is 10.8. The van der Waals surface area contributed by atoms with Gasteiger partial charge in [0.05, 0.1) is 6.26 Å². The fourth-order valence-electron chi connectivity index (χ4n) is 1.03. The predicted octanol–water partition coefficient (Wildman–Crippen LogP) is 0.626. The normalized spacial score (nSPS) is 19.2. The van der Waals surface area contributed by atoms with Gasteiger partial charge in [0.15, 0.2) is 0 Å². The van der Waals surface area contributed by atoms with Gasteiger partial charge in [-0.25, -0.2) is 13.1 Å². The molecule has 7 heteroatoms. The van der Waals surface area contributed by atoms with Crippen LogP contribution < -0.4 is 4.72 Å². The van der Waals surface area contributed by atoms with E-state index in [9.17, 15) is 8.42 Å². The molecular formula is C6H12N4O2S. The first-order chi connectivity index (χ1) is 5.97. The lowest BCUT2D eigenvalue weighted by Crippen LogP contribution is -2.30. The summed E-state index contributed by atoms with van der Waals surface area (Å²) in [4.78, 5) is 2.65. The van der Waals surface area contributed by atoms with Gasteiger partial charge in [-0.1, -0.05) is 5.11 Å². The molecule has 0 aromatic heterocycles. The number of nitrogens with zero attached hydrogens (tertiary/aromatic N) is 3. The Hall–Kier alpha value is -0.780. The van der Waals surface area contributed by atoms with E-state index in [-0.39, 0.29) is 5.41 Å². The van der Waals surface area contributed by atoms with E-state index in [0.717, 1.165) is 19.1 Å². The zero-order valence-corrected chi connectivity index (χ0v) is 8.21. The van der Waals surface area contributed by atoms with Crippen LogP contribution in [0.5, 0.6) is 0 Å². The van der Waals surface area contributed by atoms with Crippen LogP contribution in [-0.4, -0.2) is 27.8 Å². The third kappa shape index (κ3) is 3.63. The summed E-state index contributed by atoms with van der Waals surface area (Å²) < 4.78 is 24.0. The molecule has 1 N–H and O–H groups in total. The van der Waals surface area contributed by atoms with Crippen molar-refractivity contribution >= 4 is 10.0 Å². The SMILES string of the molecule is CS(=O)(=O)NCC1(CN=[N+]=[N-])CC1. The van der Waals surface area contributed by atoms with E-state index in [4.69, 9.17) is 5.53 Å². The summed E-state index contributed by atoms with van der Waals surface area (Å²) in [7, 11) is -3.13. The van der Waals surface area contributed by atoms with Crippen LogP contribution in [0.25, 0.3) is 10.4 Å². The van der Waals surface area contributed by atoms with E-state index in [1.54, 1.807) is 0 Å². The van der Waals surface area contributed by atoms with Gasteiger partial charge >= 0.3 is 0 Å². The Morgan fingerprint density at radius 3 is 2.62 bits per heavy atom. The molecule has 1 rings (SSSR count). The first-order valence-corrected chi connectivity index (χ1v) is 5.82. The molecule has 1 aliphatic rings. The van der Waals surface area contributed by atoms with E-state index >= 15 is 0 Å². The lowest BCUT2D eigenvalue weighted by Gasteiger charge is -2.11. The second-order valence-electron chi connectivity index (χ2n) is 3.48. The lowest BCUT2D eigenvalue weighted by atomic mass is 10.1. The molecule has 1 aliphatic carbocycles. The van der Waals surface area contributed by atoms with Gasteiger partial charge in [-0.15, -0.1) is 0 Å². The lowest BCUT2D eigenvalue weighted by molar-refractivity contribution is 0.502. The van der Waals surface area contributed by atoms with Crippen molar-refractivity contribution in [2.75, 3.05) is 19.3 Å². The van der Waals surface area contributed by atoms with Crippen LogP contribution in [0.15, 0.2) is 5.11 Å². The molecule has 74 valence electrons. The highest BCUT2D eigenvalue weighted by Gasteiger charge is 2.42. The minimum Gasteiger partial charge on any atom is -0.215 e. The number of rotatable bonds is 5. The van der Waals surface area contributed by atoms with Gasteiger partial charge in [0, 0.05) is 18.0 Å². The van der Waals surface area contributed by atoms with Crippen LogP contribution in [-0.2, 0) is 10.0 Å². The minimum absolute atomic E-state index is 0.102. The quantitative estimate of drug-likeness (QED) is 0.404. The maximum Gasteiger partial charge on any atom is 0.208 e. The Balaban J connectivity index is 2.40. The Kier molecular flexibility index (Phi) is 2.80. The molecule has 6 nitrogen and oxygen atoms in total. The van der Waals surface area contributed by atoms with E-state index in [0.29, 0.717) is 13.1 Å². The van der Waals surface area contributed by atoms with Crippen molar-refractivity contribution in [2.45, 2.75) is 12.8 Å². The summed E-state index contributed by atoms with van der Waals surface area (Å²) in [5.41, 5.74) is 8.00. The number of hydrogen-bond donors (Lipinski definition) is 1. The summed E-state index contributed by atoms with van der Waals surface area (Å²) in [6, 6.07) is 0.